The summed E-state index contributed by atoms with van der Waals surface area (Å²) in [4.78, 5) is 38.3. The molecule has 0 aliphatic rings. The molecular weight excluding hydrogens is 949 g/mol. The Kier molecular flexibility index (Phi) is 63.6. The van der Waals surface area contributed by atoms with Crippen molar-refractivity contribution >= 4 is 17.9 Å². The summed E-state index contributed by atoms with van der Waals surface area (Å²) in [6.07, 6.45) is 83.1. The Morgan fingerprint density at radius 3 is 0.792 bits per heavy atom. The van der Waals surface area contributed by atoms with E-state index in [1.165, 1.54) is 257 Å². The molecule has 1 unspecified atom stereocenters. The molecule has 77 heavy (non-hydrogen) atoms. The fourth-order valence-corrected chi connectivity index (χ4v) is 10.3. The van der Waals surface area contributed by atoms with Crippen LogP contribution in [0, 0.1) is 0 Å². The second kappa shape index (κ2) is 65.9. The third-order valence-electron chi connectivity index (χ3n) is 15.4. The number of ether oxygens (including phenoxy) is 3. The molecule has 0 aromatic carbocycles. The standard InChI is InChI=1S/C71H130O6/c1-4-7-10-13-16-19-22-25-27-29-31-33-34-35-36-38-39-41-43-46-49-52-55-58-61-64-70(73)76-67-68(66-75-69(72)63-60-57-54-51-48-45-24-21-18-15-12-9-6-3)77-71(74)65-62-59-56-53-50-47-44-42-40-37-32-30-28-26-23-20-17-14-11-8-5-2/h9,12,18,21,45,48,54,57,68H,4-8,10-11,13-17,19-20,22-44,46-47,49-53,55-56,58-67H2,1-3H3/b12-9-,21-18-,48-45-,57-54-. The maximum Gasteiger partial charge on any atom is 0.306 e. The Labute approximate surface area is 479 Å². The van der Waals surface area contributed by atoms with Crippen LogP contribution in [0.15, 0.2) is 48.6 Å². The van der Waals surface area contributed by atoms with E-state index in [9.17, 15) is 14.4 Å². The summed E-state index contributed by atoms with van der Waals surface area (Å²) >= 11 is 0. The Morgan fingerprint density at radius 2 is 0.506 bits per heavy atom. The highest BCUT2D eigenvalue weighted by Crippen LogP contribution is 2.19. The highest BCUT2D eigenvalue weighted by Gasteiger charge is 2.19. The van der Waals surface area contributed by atoms with Gasteiger partial charge in [0.05, 0.1) is 0 Å². The average molecular weight is 1080 g/mol. The molecule has 0 bridgehead atoms. The van der Waals surface area contributed by atoms with E-state index in [1.807, 2.05) is 6.08 Å². The quantitative estimate of drug-likeness (QED) is 0.0261. The largest absolute Gasteiger partial charge is 0.462 e. The second-order valence-corrected chi connectivity index (χ2v) is 23.1. The number of carbonyl (C=O) groups is 3. The summed E-state index contributed by atoms with van der Waals surface area (Å²) in [7, 11) is 0. The second-order valence-electron chi connectivity index (χ2n) is 23.1. The molecule has 0 rings (SSSR count). The van der Waals surface area contributed by atoms with Crippen LogP contribution in [0.25, 0.3) is 0 Å². The van der Waals surface area contributed by atoms with E-state index in [-0.39, 0.29) is 37.5 Å². The molecule has 0 heterocycles. The summed E-state index contributed by atoms with van der Waals surface area (Å²) in [6, 6.07) is 0. The van der Waals surface area contributed by atoms with Gasteiger partial charge in [0.2, 0.25) is 0 Å². The van der Waals surface area contributed by atoms with Crippen LogP contribution >= 0.6 is 0 Å². The monoisotopic (exact) mass is 1080 g/mol. The van der Waals surface area contributed by atoms with Crippen LogP contribution in [0.4, 0.5) is 0 Å². The van der Waals surface area contributed by atoms with Gasteiger partial charge in [0, 0.05) is 19.3 Å². The summed E-state index contributed by atoms with van der Waals surface area (Å²) in [5, 5.41) is 0. The molecule has 0 aromatic rings. The van der Waals surface area contributed by atoms with Crippen LogP contribution < -0.4 is 0 Å². The minimum Gasteiger partial charge on any atom is -0.462 e. The lowest BCUT2D eigenvalue weighted by Crippen LogP contribution is -2.30. The first-order valence-electron chi connectivity index (χ1n) is 34.1. The molecule has 450 valence electrons. The Morgan fingerprint density at radius 1 is 0.273 bits per heavy atom. The number of rotatable bonds is 63. The molecule has 0 saturated carbocycles. The molecule has 0 amide bonds. The van der Waals surface area contributed by atoms with Gasteiger partial charge in [0.1, 0.15) is 13.2 Å². The van der Waals surface area contributed by atoms with Gasteiger partial charge in [-0.1, -0.05) is 352 Å². The molecule has 1 atom stereocenters. The van der Waals surface area contributed by atoms with Gasteiger partial charge in [-0.15, -0.1) is 0 Å². The van der Waals surface area contributed by atoms with Crippen molar-refractivity contribution in [2.75, 3.05) is 13.2 Å². The Hall–Kier alpha value is -2.63. The molecule has 0 spiro atoms. The lowest BCUT2D eigenvalue weighted by atomic mass is 10.0. The lowest BCUT2D eigenvalue weighted by Gasteiger charge is -2.18. The molecule has 0 aliphatic carbocycles. The minimum atomic E-state index is -0.799. The molecule has 0 N–H and O–H groups in total. The van der Waals surface area contributed by atoms with Gasteiger partial charge in [-0.2, -0.15) is 0 Å². The topological polar surface area (TPSA) is 78.9 Å². The molecule has 0 saturated heterocycles. The van der Waals surface area contributed by atoms with Gasteiger partial charge in [-0.25, -0.2) is 0 Å². The van der Waals surface area contributed by atoms with Crippen molar-refractivity contribution in [3.63, 3.8) is 0 Å². The van der Waals surface area contributed by atoms with E-state index in [0.717, 1.165) is 64.2 Å². The Balaban J connectivity index is 4.26. The van der Waals surface area contributed by atoms with Crippen LogP contribution in [-0.2, 0) is 28.6 Å². The predicted octanol–water partition coefficient (Wildman–Crippen LogP) is 23.3. The average Bonchev–Trinajstić information content (AvgIpc) is 3.43. The number of esters is 3. The van der Waals surface area contributed by atoms with E-state index in [1.54, 1.807) is 0 Å². The van der Waals surface area contributed by atoms with Gasteiger partial charge < -0.3 is 14.2 Å². The van der Waals surface area contributed by atoms with Crippen molar-refractivity contribution in [2.45, 2.75) is 374 Å². The predicted molar refractivity (Wildman–Crippen MR) is 335 cm³/mol. The normalized spacial score (nSPS) is 12.3. The van der Waals surface area contributed by atoms with Crippen molar-refractivity contribution in [1.29, 1.82) is 0 Å². The molecule has 0 aliphatic heterocycles. The molecule has 0 aromatic heterocycles. The van der Waals surface area contributed by atoms with E-state index in [0.29, 0.717) is 19.3 Å². The number of unbranched alkanes of at least 4 members (excludes halogenated alkanes) is 44. The first-order chi connectivity index (χ1) is 38.0. The van der Waals surface area contributed by atoms with Crippen molar-refractivity contribution < 1.29 is 28.6 Å². The van der Waals surface area contributed by atoms with Crippen molar-refractivity contribution in [2.24, 2.45) is 0 Å². The zero-order chi connectivity index (χ0) is 55.7. The fraction of sp³-hybridized carbons (Fsp3) is 0.845. The van der Waals surface area contributed by atoms with Crippen LogP contribution in [0.3, 0.4) is 0 Å². The van der Waals surface area contributed by atoms with Gasteiger partial charge in [0.15, 0.2) is 6.10 Å². The SMILES string of the molecule is CC/C=C\C/C=C\C/C=C\C/C=C\CCC(=O)OCC(COC(=O)CCCCCCCCCCCCCCCCCCCCCCCCCCC)OC(=O)CCCCCCCCCCCCCCCCCCCCCCC. The molecule has 0 radical (unpaired) electrons. The number of allylic oxidation sites excluding steroid dienone is 8. The van der Waals surface area contributed by atoms with Crippen molar-refractivity contribution in [1.82, 2.24) is 0 Å². The third kappa shape index (κ3) is 64.1. The van der Waals surface area contributed by atoms with Gasteiger partial charge in [-0.3, -0.25) is 14.4 Å². The molecular formula is C71H130O6. The lowest BCUT2D eigenvalue weighted by molar-refractivity contribution is -0.166. The van der Waals surface area contributed by atoms with Gasteiger partial charge in [-0.05, 0) is 44.9 Å². The van der Waals surface area contributed by atoms with E-state index in [2.05, 4.69) is 63.3 Å². The maximum absolute atomic E-state index is 12.9. The summed E-state index contributed by atoms with van der Waals surface area (Å²) in [6.45, 7) is 6.53. The van der Waals surface area contributed by atoms with Crippen LogP contribution in [0.5, 0.6) is 0 Å². The summed E-state index contributed by atoms with van der Waals surface area (Å²) in [5.41, 5.74) is 0. The van der Waals surface area contributed by atoms with Crippen LogP contribution in [0.1, 0.15) is 367 Å². The van der Waals surface area contributed by atoms with Crippen LogP contribution in [0.2, 0.25) is 0 Å². The third-order valence-corrected chi connectivity index (χ3v) is 15.4. The van der Waals surface area contributed by atoms with Gasteiger partial charge in [0.25, 0.3) is 0 Å². The van der Waals surface area contributed by atoms with E-state index >= 15 is 0 Å². The van der Waals surface area contributed by atoms with Crippen molar-refractivity contribution in [3.05, 3.63) is 48.6 Å². The summed E-state index contributed by atoms with van der Waals surface area (Å²) < 4.78 is 16.9. The number of carbonyl (C=O) groups excluding carboxylic acids is 3. The van der Waals surface area contributed by atoms with Gasteiger partial charge >= 0.3 is 17.9 Å². The van der Waals surface area contributed by atoms with Crippen molar-refractivity contribution in [3.8, 4) is 0 Å². The Bertz CT molecular complexity index is 1330. The summed E-state index contributed by atoms with van der Waals surface area (Å²) in [5.74, 6) is -0.949. The highest BCUT2D eigenvalue weighted by atomic mass is 16.6. The first kappa shape index (κ1) is 74.4. The maximum atomic E-state index is 12.9. The highest BCUT2D eigenvalue weighted by molar-refractivity contribution is 5.71. The first-order valence-corrected chi connectivity index (χ1v) is 34.1. The fourth-order valence-electron chi connectivity index (χ4n) is 10.3. The number of hydrogen-bond donors (Lipinski definition) is 0. The number of hydrogen-bond acceptors (Lipinski definition) is 6. The molecule has 6 nitrogen and oxygen atoms in total. The molecule has 0 fully saturated rings. The molecule has 6 heteroatoms. The van der Waals surface area contributed by atoms with E-state index in [4.69, 9.17) is 14.2 Å². The smallest absolute Gasteiger partial charge is 0.306 e. The minimum absolute atomic E-state index is 0.0898. The zero-order valence-corrected chi connectivity index (χ0v) is 51.7. The van der Waals surface area contributed by atoms with Crippen LogP contribution in [-0.4, -0.2) is 37.2 Å². The van der Waals surface area contributed by atoms with E-state index < -0.39 is 6.10 Å². The zero-order valence-electron chi connectivity index (χ0n) is 51.7.